The van der Waals surface area contributed by atoms with E-state index in [9.17, 15) is 13.6 Å². The average Bonchev–Trinajstić information content (AvgIpc) is 2.09. The van der Waals surface area contributed by atoms with E-state index in [-0.39, 0.29) is 11.3 Å². The summed E-state index contributed by atoms with van der Waals surface area (Å²) in [7, 11) is 0. The second-order valence-corrected chi connectivity index (χ2v) is 4.16. The van der Waals surface area contributed by atoms with Gasteiger partial charge in [0, 0.05) is 8.95 Å². The van der Waals surface area contributed by atoms with Crippen LogP contribution in [0.25, 0.3) is 0 Å². The van der Waals surface area contributed by atoms with Crippen LogP contribution in [0.1, 0.15) is 10.4 Å². The summed E-state index contributed by atoms with van der Waals surface area (Å²) in [5.41, 5.74) is 5.12. The lowest BCUT2D eigenvalue weighted by Crippen LogP contribution is -2.12. The summed E-state index contributed by atoms with van der Waals surface area (Å²) in [5, 5.41) is 0. The van der Waals surface area contributed by atoms with Crippen LogP contribution in [0.3, 0.4) is 0 Å². The number of hydrogen-bond acceptors (Lipinski definition) is 2. The first-order valence-corrected chi connectivity index (χ1v) is 5.24. The molecule has 0 aromatic heterocycles. The number of carbonyl (C=O) groups excluding carboxylic acids is 1. The van der Waals surface area contributed by atoms with E-state index in [4.69, 9.17) is 5.73 Å². The fraction of sp³-hybridized carbons (Fsp3) is 0.125. The summed E-state index contributed by atoms with van der Waals surface area (Å²) >= 11 is 6.17. The molecule has 0 aliphatic heterocycles. The summed E-state index contributed by atoms with van der Waals surface area (Å²) < 4.78 is 28.8. The normalized spacial score (nSPS) is 10.5. The highest BCUT2D eigenvalue weighted by molar-refractivity contribution is 9.13. The van der Waals surface area contributed by atoms with Crippen LogP contribution in [0, 0.1) is 0 Å². The predicted octanol–water partition coefficient (Wildman–Crippen LogP) is 2.91. The predicted molar refractivity (Wildman–Crippen MR) is 57.0 cm³/mol. The molecule has 1 aromatic carbocycles. The van der Waals surface area contributed by atoms with E-state index in [0.717, 1.165) is 6.07 Å². The molecule has 0 spiro atoms. The Balaban J connectivity index is 3.17. The van der Waals surface area contributed by atoms with Gasteiger partial charge in [-0.05, 0) is 44.0 Å². The second-order valence-electron chi connectivity index (χ2n) is 2.51. The van der Waals surface area contributed by atoms with Crippen molar-refractivity contribution in [2.45, 2.75) is 6.61 Å². The third-order valence-electron chi connectivity index (χ3n) is 1.49. The molecule has 3 nitrogen and oxygen atoms in total. The molecule has 0 aliphatic carbocycles. The molecule has 0 radical (unpaired) electrons. The van der Waals surface area contributed by atoms with Gasteiger partial charge in [-0.25, -0.2) is 0 Å². The molecule has 7 heteroatoms. The molecule has 2 N–H and O–H groups in total. The number of nitrogens with two attached hydrogens (primary N) is 1. The molecule has 0 unspecified atom stereocenters. The smallest absolute Gasteiger partial charge is 0.387 e. The van der Waals surface area contributed by atoms with Crippen molar-refractivity contribution >= 4 is 37.8 Å². The topological polar surface area (TPSA) is 52.3 Å². The van der Waals surface area contributed by atoms with Crippen molar-refractivity contribution in [2.75, 3.05) is 0 Å². The molecule has 82 valence electrons. The maximum atomic E-state index is 11.9. The molecular weight excluding hydrogens is 340 g/mol. The van der Waals surface area contributed by atoms with Gasteiger partial charge in [0.25, 0.3) is 0 Å². The van der Waals surface area contributed by atoms with Gasteiger partial charge in [-0.3, -0.25) is 4.79 Å². The number of rotatable bonds is 3. The molecule has 0 bridgehead atoms. The monoisotopic (exact) mass is 343 g/mol. The zero-order valence-corrected chi connectivity index (χ0v) is 10.3. The van der Waals surface area contributed by atoms with Crippen molar-refractivity contribution in [3.05, 3.63) is 26.6 Å². The maximum Gasteiger partial charge on any atom is 0.387 e. The molecule has 0 saturated carbocycles. The molecule has 0 atom stereocenters. The van der Waals surface area contributed by atoms with Crippen LogP contribution in [-0.4, -0.2) is 12.5 Å². The highest BCUT2D eigenvalue weighted by Crippen LogP contribution is 2.32. The standard InChI is InChI=1S/C8H5Br2F2NO2/c9-5-2-3(15-8(11)12)1-4(6(5)10)7(13)14/h1-2,8H,(H2,13,14). The Morgan fingerprint density at radius 2 is 2.00 bits per heavy atom. The Morgan fingerprint density at radius 3 is 2.47 bits per heavy atom. The minimum atomic E-state index is -2.95. The molecule has 15 heavy (non-hydrogen) atoms. The fourth-order valence-corrected chi connectivity index (χ4v) is 1.78. The number of primary amides is 1. The summed E-state index contributed by atoms with van der Waals surface area (Å²) in [6.07, 6.45) is 0. The number of alkyl halides is 2. The highest BCUT2D eigenvalue weighted by Gasteiger charge is 2.14. The first-order valence-electron chi connectivity index (χ1n) is 3.65. The lowest BCUT2D eigenvalue weighted by atomic mass is 10.2. The SMILES string of the molecule is NC(=O)c1cc(OC(F)F)cc(Br)c1Br. The Labute approximate surface area is 101 Å². The summed E-state index contributed by atoms with van der Waals surface area (Å²) in [4.78, 5) is 10.9. The molecular formula is C8H5Br2F2NO2. The van der Waals surface area contributed by atoms with Gasteiger partial charge in [0.15, 0.2) is 0 Å². The lowest BCUT2D eigenvalue weighted by molar-refractivity contribution is -0.0499. The largest absolute Gasteiger partial charge is 0.435 e. The van der Waals surface area contributed by atoms with Crippen molar-refractivity contribution in [1.82, 2.24) is 0 Å². The number of benzene rings is 1. The molecule has 0 aliphatic rings. The number of carbonyl (C=O) groups is 1. The van der Waals surface area contributed by atoms with Gasteiger partial charge in [-0.15, -0.1) is 0 Å². The van der Waals surface area contributed by atoms with Gasteiger partial charge in [0.1, 0.15) is 5.75 Å². The van der Waals surface area contributed by atoms with Crippen LogP contribution in [-0.2, 0) is 0 Å². The van der Waals surface area contributed by atoms with Crippen molar-refractivity contribution in [2.24, 2.45) is 5.73 Å². The number of amides is 1. The number of hydrogen-bond donors (Lipinski definition) is 1. The molecule has 0 saturated heterocycles. The van der Waals surface area contributed by atoms with Gasteiger partial charge in [-0.1, -0.05) is 0 Å². The van der Waals surface area contributed by atoms with Crippen LogP contribution in [0.2, 0.25) is 0 Å². The van der Waals surface area contributed by atoms with Crippen molar-refractivity contribution in [1.29, 1.82) is 0 Å². The molecule has 1 rings (SSSR count). The zero-order valence-electron chi connectivity index (χ0n) is 7.14. The van der Waals surface area contributed by atoms with Crippen LogP contribution in [0.15, 0.2) is 21.1 Å². The Hall–Kier alpha value is -0.690. The number of halogens is 4. The Kier molecular flexibility index (Phi) is 4.04. The van der Waals surface area contributed by atoms with E-state index in [1.807, 2.05) is 0 Å². The van der Waals surface area contributed by atoms with E-state index < -0.39 is 12.5 Å². The fourth-order valence-electron chi connectivity index (χ4n) is 0.914. The lowest BCUT2D eigenvalue weighted by Gasteiger charge is -2.08. The van der Waals surface area contributed by atoms with Crippen LogP contribution in [0.4, 0.5) is 8.78 Å². The molecule has 1 amide bonds. The van der Waals surface area contributed by atoms with Crippen molar-refractivity contribution in [3.63, 3.8) is 0 Å². The van der Waals surface area contributed by atoms with Crippen molar-refractivity contribution < 1.29 is 18.3 Å². The average molecular weight is 345 g/mol. The first kappa shape index (κ1) is 12.4. The molecule has 1 aromatic rings. The minimum Gasteiger partial charge on any atom is -0.435 e. The van der Waals surface area contributed by atoms with Gasteiger partial charge < -0.3 is 10.5 Å². The summed E-state index contributed by atoms with van der Waals surface area (Å²) in [6, 6.07) is 2.45. The number of ether oxygens (including phenoxy) is 1. The van der Waals surface area contributed by atoms with Gasteiger partial charge in [0.05, 0.1) is 5.56 Å². The van der Waals surface area contributed by atoms with Crippen LogP contribution < -0.4 is 10.5 Å². The summed E-state index contributed by atoms with van der Waals surface area (Å²) in [6.45, 7) is -2.95. The van der Waals surface area contributed by atoms with E-state index in [1.165, 1.54) is 6.07 Å². The molecule has 0 fully saturated rings. The van der Waals surface area contributed by atoms with Crippen LogP contribution >= 0.6 is 31.9 Å². The van der Waals surface area contributed by atoms with Crippen LogP contribution in [0.5, 0.6) is 5.75 Å². The van der Waals surface area contributed by atoms with E-state index in [0.29, 0.717) is 8.95 Å². The third kappa shape index (κ3) is 3.13. The third-order valence-corrected chi connectivity index (χ3v) is 3.50. The Bertz CT molecular complexity index is 398. The van der Waals surface area contributed by atoms with Gasteiger partial charge >= 0.3 is 6.61 Å². The molecule has 0 heterocycles. The van der Waals surface area contributed by atoms with E-state index in [1.54, 1.807) is 0 Å². The first-order chi connectivity index (χ1) is 6.91. The van der Waals surface area contributed by atoms with E-state index in [2.05, 4.69) is 36.6 Å². The minimum absolute atomic E-state index is 0.0695. The highest BCUT2D eigenvalue weighted by atomic mass is 79.9. The van der Waals surface area contributed by atoms with E-state index >= 15 is 0 Å². The summed E-state index contributed by atoms with van der Waals surface area (Å²) in [5.74, 6) is -0.865. The Morgan fingerprint density at radius 1 is 1.40 bits per heavy atom. The maximum absolute atomic E-state index is 11.9. The quantitative estimate of drug-likeness (QED) is 0.916. The van der Waals surface area contributed by atoms with Crippen molar-refractivity contribution in [3.8, 4) is 5.75 Å². The van der Waals surface area contributed by atoms with Gasteiger partial charge in [-0.2, -0.15) is 8.78 Å². The second kappa shape index (κ2) is 4.89. The van der Waals surface area contributed by atoms with Gasteiger partial charge in [0.2, 0.25) is 5.91 Å². The zero-order chi connectivity index (χ0) is 11.6.